The molecular formula is C14H10N4O. The van der Waals surface area contributed by atoms with Crippen molar-refractivity contribution in [3.63, 3.8) is 0 Å². The highest BCUT2D eigenvalue weighted by Gasteiger charge is 2.09. The van der Waals surface area contributed by atoms with Crippen LogP contribution >= 0.6 is 0 Å². The Balaban J connectivity index is 1.89. The predicted octanol–water partition coefficient (Wildman–Crippen LogP) is 2.10. The summed E-state index contributed by atoms with van der Waals surface area (Å²) in [5, 5.41) is 13.7. The molecule has 2 aromatic carbocycles. The molecule has 0 aliphatic carbocycles. The number of nitrogens with one attached hydrogen (secondary N) is 1. The van der Waals surface area contributed by atoms with E-state index < -0.39 is 0 Å². The topological polar surface area (TPSA) is 71.5 Å². The Kier molecular flexibility index (Phi) is 2.86. The molecule has 0 amide bonds. The van der Waals surface area contributed by atoms with Gasteiger partial charge in [-0.25, -0.2) is 0 Å². The van der Waals surface area contributed by atoms with Crippen LogP contribution in [0.2, 0.25) is 0 Å². The average Bonchev–Trinajstić information content (AvgIpc) is 3.02. The van der Waals surface area contributed by atoms with Crippen molar-refractivity contribution in [1.29, 1.82) is 0 Å². The lowest BCUT2D eigenvalue weighted by molar-refractivity contribution is 0.103. The van der Waals surface area contributed by atoms with Crippen LogP contribution in [0.5, 0.6) is 0 Å². The maximum absolute atomic E-state index is 12.2. The average molecular weight is 250 g/mol. The van der Waals surface area contributed by atoms with Gasteiger partial charge in [0.15, 0.2) is 5.78 Å². The maximum Gasteiger partial charge on any atom is 0.204 e. The van der Waals surface area contributed by atoms with Crippen LogP contribution in [0.15, 0.2) is 54.6 Å². The number of ketones is 1. The summed E-state index contributed by atoms with van der Waals surface area (Å²) < 4.78 is 0. The van der Waals surface area contributed by atoms with Gasteiger partial charge in [-0.15, -0.1) is 10.2 Å². The summed E-state index contributed by atoms with van der Waals surface area (Å²) in [5.74, 6) is 0.513. The molecule has 19 heavy (non-hydrogen) atoms. The number of benzene rings is 2. The first-order chi connectivity index (χ1) is 9.34. The summed E-state index contributed by atoms with van der Waals surface area (Å²) in [4.78, 5) is 12.2. The van der Waals surface area contributed by atoms with Gasteiger partial charge < -0.3 is 0 Å². The fraction of sp³-hybridized carbons (Fsp3) is 0. The monoisotopic (exact) mass is 250 g/mol. The number of aromatic amines is 1. The van der Waals surface area contributed by atoms with E-state index in [0.29, 0.717) is 17.0 Å². The van der Waals surface area contributed by atoms with Crippen LogP contribution in [0.3, 0.4) is 0 Å². The lowest BCUT2D eigenvalue weighted by atomic mass is 10.0. The second kappa shape index (κ2) is 4.81. The van der Waals surface area contributed by atoms with Crippen LogP contribution in [-0.2, 0) is 0 Å². The molecule has 5 heteroatoms. The summed E-state index contributed by atoms with van der Waals surface area (Å²) in [6.45, 7) is 0. The van der Waals surface area contributed by atoms with Crippen LogP contribution < -0.4 is 0 Å². The van der Waals surface area contributed by atoms with Gasteiger partial charge in [-0.3, -0.25) is 4.79 Å². The highest BCUT2D eigenvalue weighted by molar-refractivity contribution is 6.09. The number of hydrogen-bond acceptors (Lipinski definition) is 4. The second-order valence-electron chi connectivity index (χ2n) is 4.01. The molecule has 0 unspecified atom stereocenters. The Morgan fingerprint density at radius 1 is 0.895 bits per heavy atom. The van der Waals surface area contributed by atoms with E-state index in [2.05, 4.69) is 20.6 Å². The number of nitrogens with zero attached hydrogens (tertiary/aromatic N) is 3. The smallest absolute Gasteiger partial charge is 0.204 e. The first kappa shape index (κ1) is 11.3. The quantitative estimate of drug-likeness (QED) is 0.722. The van der Waals surface area contributed by atoms with Crippen molar-refractivity contribution in [2.75, 3.05) is 0 Å². The minimum absolute atomic E-state index is 0.000243. The summed E-state index contributed by atoms with van der Waals surface area (Å²) in [6.07, 6.45) is 0. The third-order valence-electron chi connectivity index (χ3n) is 2.79. The molecule has 0 bridgehead atoms. The molecule has 0 aliphatic rings. The van der Waals surface area contributed by atoms with Gasteiger partial charge >= 0.3 is 0 Å². The SMILES string of the molecule is O=C(c1ccccc1)c1ccc(-c2nn[nH]n2)cc1. The van der Waals surface area contributed by atoms with E-state index in [-0.39, 0.29) is 5.78 Å². The molecule has 0 saturated heterocycles. The van der Waals surface area contributed by atoms with Gasteiger partial charge in [0.2, 0.25) is 5.82 Å². The molecule has 1 N–H and O–H groups in total. The Labute approximate surface area is 109 Å². The molecule has 0 atom stereocenters. The number of rotatable bonds is 3. The van der Waals surface area contributed by atoms with E-state index in [4.69, 9.17) is 0 Å². The number of aromatic nitrogens is 4. The highest BCUT2D eigenvalue weighted by atomic mass is 16.1. The Morgan fingerprint density at radius 2 is 1.58 bits per heavy atom. The van der Waals surface area contributed by atoms with E-state index in [1.54, 1.807) is 36.4 Å². The largest absolute Gasteiger partial charge is 0.289 e. The zero-order valence-electron chi connectivity index (χ0n) is 9.95. The van der Waals surface area contributed by atoms with Crippen molar-refractivity contribution in [2.24, 2.45) is 0 Å². The molecule has 3 aromatic rings. The van der Waals surface area contributed by atoms with Gasteiger partial charge in [0.1, 0.15) is 0 Å². The normalized spacial score (nSPS) is 10.3. The van der Waals surface area contributed by atoms with Crippen molar-refractivity contribution >= 4 is 5.78 Å². The van der Waals surface area contributed by atoms with E-state index in [1.807, 2.05) is 18.2 Å². The van der Waals surface area contributed by atoms with Gasteiger partial charge in [-0.1, -0.05) is 54.6 Å². The van der Waals surface area contributed by atoms with E-state index in [1.165, 1.54) is 0 Å². The number of hydrogen-bond donors (Lipinski definition) is 1. The van der Waals surface area contributed by atoms with E-state index in [9.17, 15) is 4.79 Å². The fourth-order valence-electron chi connectivity index (χ4n) is 1.81. The second-order valence-corrected chi connectivity index (χ2v) is 4.01. The lowest BCUT2D eigenvalue weighted by Gasteiger charge is -2.01. The third kappa shape index (κ3) is 2.26. The first-order valence-electron chi connectivity index (χ1n) is 5.78. The van der Waals surface area contributed by atoms with Gasteiger partial charge in [-0.2, -0.15) is 5.21 Å². The van der Waals surface area contributed by atoms with Crippen molar-refractivity contribution in [1.82, 2.24) is 20.6 Å². The number of carbonyl (C=O) groups is 1. The molecule has 0 saturated carbocycles. The lowest BCUT2D eigenvalue weighted by Crippen LogP contribution is -2.00. The summed E-state index contributed by atoms with van der Waals surface area (Å²) in [5.41, 5.74) is 2.13. The van der Waals surface area contributed by atoms with Crippen LogP contribution in [-0.4, -0.2) is 26.4 Å². The van der Waals surface area contributed by atoms with Crippen molar-refractivity contribution in [3.05, 3.63) is 65.7 Å². The van der Waals surface area contributed by atoms with Crippen LogP contribution in [0.4, 0.5) is 0 Å². The molecule has 0 radical (unpaired) electrons. The van der Waals surface area contributed by atoms with Gasteiger partial charge in [0.25, 0.3) is 0 Å². The predicted molar refractivity (Wildman–Crippen MR) is 69.5 cm³/mol. The minimum Gasteiger partial charge on any atom is -0.289 e. The third-order valence-corrected chi connectivity index (χ3v) is 2.79. The van der Waals surface area contributed by atoms with Crippen molar-refractivity contribution < 1.29 is 4.79 Å². The minimum atomic E-state index is 0.000243. The van der Waals surface area contributed by atoms with Crippen LogP contribution in [0.1, 0.15) is 15.9 Å². The van der Waals surface area contributed by atoms with Gasteiger partial charge in [0, 0.05) is 16.7 Å². The zero-order valence-corrected chi connectivity index (χ0v) is 9.95. The zero-order chi connectivity index (χ0) is 13.1. The Hall–Kier alpha value is -2.82. The van der Waals surface area contributed by atoms with Crippen LogP contribution in [0.25, 0.3) is 11.4 Å². The highest BCUT2D eigenvalue weighted by Crippen LogP contribution is 2.16. The number of H-pyrrole nitrogens is 1. The van der Waals surface area contributed by atoms with Gasteiger partial charge in [-0.05, 0) is 5.21 Å². The molecule has 92 valence electrons. The molecule has 1 heterocycles. The molecule has 3 rings (SSSR count). The molecule has 0 fully saturated rings. The molecule has 1 aromatic heterocycles. The first-order valence-corrected chi connectivity index (χ1v) is 5.78. The summed E-state index contributed by atoms with van der Waals surface area (Å²) in [7, 11) is 0. The fourth-order valence-corrected chi connectivity index (χ4v) is 1.81. The Bertz CT molecular complexity index is 675. The van der Waals surface area contributed by atoms with E-state index >= 15 is 0 Å². The molecule has 5 nitrogen and oxygen atoms in total. The van der Waals surface area contributed by atoms with Gasteiger partial charge in [0.05, 0.1) is 0 Å². The molecule has 0 aliphatic heterocycles. The van der Waals surface area contributed by atoms with Crippen molar-refractivity contribution in [3.8, 4) is 11.4 Å². The van der Waals surface area contributed by atoms with Crippen LogP contribution in [0, 0.1) is 0 Å². The summed E-state index contributed by atoms with van der Waals surface area (Å²) >= 11 is 0. The molecular weight excluding hydrogens is 240 g/mol. The summed E-state index contributed by atoms with van der Waals surface area (Å²) in [6, 6.07) is 16.3. The van der Waals surface area contributed by atoms with E-state index in [0.717, 1.165) is 5.56 Å². The maximum atomic E-state index is 12.2. The Morgan fingerprint density at radius 3 is 2.21 bits per heavy atom. The number of tetrazole rings is 1. The van der Waals surface area contributed by atoms with Crippen molar-refractivity contribution in [2.45, 2.75) is 0 Å². The molecule has 0 spiro atoms. The number of carbonyl (C=O) groups excluding carboxylic acids is 1. The standard InChI is InChI=1S/C14H10N4O/c19-13(10-4-2-1-3-5-10)11-6-8-12(9-7-11)14-15-17-18-16-14/h1-9H,(H,15,16,17,18).